The highest BCUT2D eigenvalue weighted by Gasteiger charge is 2.20. The molecule has 0 fully saturated rings. The number of carbonyl (C=O) groups excluding carboxylic acids is 1. The van der Waals surface area contributed by atoms with E-state index in [-0.39, 0.29) is 25.6 Å². The summed E-state index contributed by atoms with van der Waals surface area (Å²) in [5.41, 5.74) is -0.708. The van der Waals surface area contributed by atoms with Gasteiger partial charge in [-0.05, 0) is 13.8 Å². The van der Waals surface area contributed by atoms with E-state index in [4.69, 9.17) is 15.3 Å². The molecule has 0 heterocycles. The molecule has 0 aromatic rings. The molecule has 74 valence electrons. The van der Waals surface area contributed by atoms with Crippen molar-refractivity contribution in [2.45, 2.75) is 20.8 Å². The van der Waals surface area contributed by atoms with Crippen LogP contribution in [0.2, 0.25) is 0 Å². The average molecular weight is 178 g/mol. The predicted molar refractivity (Wildman–Crippen MR) is 45.7 cm³/mol. The minimum absolute atomic E-state index is 0.167. The molecule has 0 radical (unpaired) electrons. The third-order valence-corrected chi connectivity index (χ3v) is 1.15. The van der Waals surface area contributed by atoms with Crippen molar-refractivity contribution in [3.05, 3.63) is 0 Å². The number of hydrogen-bond acceptors (Lipinski definition) is 4. The Morgan fingerprint density at radius 3 is 1.25 bits per heavy atom. The van der Waals surface area contributed by atoms with Crippen molar-refractivity contribution in [3.8, 4) is 0 Å². The molecule has 0 aromatic carbocycles. The number of hydrogen-bond donors (Lipinski definition) is 3. The van der Waals surface area contributed by atoms with Crippen LogP contribution in [-0.2, 0) is 4.79 Å². The summed E-state index contributed by atoms with van der Waals surface area (Å²) >= 11 is 0. The Hall–Kier alpha value is -0.450. The van der Waals surface area contributed by atoms with E-state index in [2.05, 4.69) is 0 Å². The fourth-order valence-electron chi connectivity index (χ4n) is 0.150. The molecule has 12 heavy (non-hydrogen) atoms. The third-order valence-electron chi connectivity index (χ3n) is 1.15. The van der Waals surface area contributed by atoms with E-state index in [1.54, 1.807) is 6.92 Å². The van der Waals surface area contributed by atoms with E-state index in [0.29, 0.717) is 0 Å². The maximum absolute atomic E-state index is 9.44. The fourth-order valence-corrected chi connectivity index (χ4v) is 0.150. The molecule has 0 spiro atoms. The molecular weight excluding hydrogens is 160 g/mol. The van der Waals surface area contributed by atoms with E-state index < -0.39 is 5.41 Å². The molecule has 0 aromatic heterocycles. The number of carbonyl (C=O) groups is 1. The maximum atomic E-state index is 9.44. The second kappa shape index (κ2) is 7.21. The topological polar surface area (TPSA) is 77.8 Å². The summed E-state index contributed by atoms with van der Waals surface area (Å²) in [5.74, 6) is 0.167. The normalized spacial score (nSPS) is 10.2. The number of aliphatic hydroxyl groups excluding tert-OH is 3. The smallest absolute Gasteiger partial charge is 0.126 e. The van der Waals surface area contributed by atoms with Gasteiger partial charge in [0, 0.05) is 5.41 Å². The lowest BCUT2D eigenvalue weighted by atomic mass is 9.95. The molecule has 4 heteroatoms. The van der Waals surface area contributed by atoms with E-state index >= 15 is 0 Å². The number of rotatable bonds is 3. The highest BCUT2D eigenvalue weighted by molar-refractivity contribution is 5.72. The quantitative estimate of drug-likeness (QED) is 0.547. The zero-order valence-corrected chi connectivity index (χ0v) is 7.87. The molecule has 0 bridgehead atoms. The Bertz CT molecular complexity index is 106. The van der Waals surface area contributed by atoms with Crippen molar-refractivity contribution in [1.82, 2.24) is 0 Å². The Labute approximate surface area is 72.8 Å². The van der Waals surface area contributed by atoms with Gasteiger partial charge in [0.25, 0.3) is 0 Å². The Morgan fingerprint density at radius 1 is 1.08 bits per heavy atom. The summed E-state index contributed by atoms with van der Waals surface area (Å²) in [4.78, 5) is 9.44. The Balaban J connectivity index is 0. The second-order valence-electron chi connectivity index (χ2n) is 3.19. The highest BCUT2D eigenvalue weighted by Crippen LogP contribution is 2.10. The van der Waals surface area contributed by atoms with Crippen LogP contribution in [0.15, 0.2) is 0 Å². The standard InChI is InChI=1S/C5H12O3.C3H6O/c1-5(2-6,3-7)4-8;1-3(2)4/h6-8H,2-4H2,1H3;1-2H3. The molecule has 0 atom stereocenters. The van der Waals surface area contributed by atoms with Gasteiger partial charge in [0.2, 0.25) is 0 Å². The molecule has 0 saturated carbocycles. The van der Waals surface area contributed by atoms with E-state index in [9.17, 15) is 4.79 Å². The minimum Gasteiger partial charge on any atom is -0.396 e. The zero-order chi connectivity index (χ0) is 10.2. The average Bonchev–Trinajstić information content (AvgIpc) is 2.02. The van der Waals surface area contributed by atoms with Gasteiger partial charge >= 0.3 is 0 Å². The van der Waals surface area contributed by atoms with Crippen LogP contribution >= 0.6 is 0 Å². The van der Waals surface area contributed by atoms with Crippen LogP contribution in [0.25, 0.3) is 0 Å². The van der Waals surface area contributed by atoms with Gasteiger partial charge in [0.1, 0.15) is 5.78 Å². The third kappa shape index (κ3) is 9.55. The first kappa shape index (κ1) is 14.1. The first-order valence-electron chi connectivity index (χ1n) is 3.71. The number of aliphatic hydroxyl groups is 3. The van der Waals surface area contributed by atoms with E-state index in [1.165, 1.54) is 13.8 Å². The number of ketones is 1. The summed E-state index contributed by atoms with van der Waals surface area (Å²) in [6, 6.07) is 0. The van der Waals surface area contributed by atoms with E-state index in [1.807, 2.05) is 0 Å². The lowest BCUT2D eigenvalue weighted by Crippen LogP contribution is -2.29. The Morgan fingerprint density at radius 2 is 1.25 bits per heavy atom. The monoisotopic (exact) mass is 178 g/mol. The summed E-state index contributed by atoms with van der Waals surface area (Å²) in [6.45, 7) is 4.12. The van der Waals surface area contributed by atoms with Crippen molar-refractivity contribution in [1.29, 1.82) is 0 Å². The molecule has 0 rings (SSSR count). The molecule has 0 aliphatic carbocycles. The van der Waals surface area contributed by atoms with Crippen LogP contribution in [0, 0.1) is 5.41 Å². The van der Waals surface area contributed by atoms with Crippen molar-refractivity contribution in [3.63, 3.8) is 0 Å². The summed E-state index contributed by atoms with van der Waals surface area (Å²) in [7, 11) is 0. The largest absolute Gasteiger partial charge is 0.396 e. The molecule has 4 nitrogen and oxygen atoms in total. The first-order chi connectivity index (χ1) is 5.41. The highest BCUT2D eigenvalue weighted by atomic mass is 16.3. The molecule has 0 unspecified atom stereocenters. The summed E-state index contributed by atoms with van der Waals surface area (Å²) < 4.78 is 0. The SMILES string of the molecule is CC(C)=O.CC(CO)(CO)CO. The van der Waals surface area contributed by atoms with Gasteiger partial charge in [-0.25, -0.2) is 0 Å². The summed E-state index contributed by atoms with van der Waals surface area (Å²) in [5, 5.41) is 25.4. The first-order valence-corrected chi connectivity index (χ1v) is 3.71. The van der Waals surface area contributed by atoms with Crippen LogP contribution in [0.5, 0.6) is 0 Å². The molecular formula is C8H18O4. The van der Waals surface area contributed by atoms with Crippen molar-refractivity contribution < 1.29 is 20.1 Å². The van der Waals surface area contributed by atoms with Gasteiger partial charge < -0.3 is 20.1 Å². The van der Waals surface area contributed by atoms with Crippen molar-refractivity contribution in [2.24, 2.45) is 5.41 Å². The van der Waals surface area contributed by atoms with E-state index in [0.717, 1.165) is 0 Å². The van der Waals surface area contributed by atoms with Gasteiger partial charge in [-0.2, -0.15) is 0 Å². The van der Waals surface area contributed by atoms with Crippen LogP contribution < -0.4 is 0 Å². The molecule has 0 aliphatic heterocycles. The summed E-state index contributed by atoms with van der Waals surface area (Å²) in [6.07, 6.45) is 0. The molecule has 3 N–H and O–H groups in total. The van der Waals surface area contributed by atoms with Gasteiger partial charge in [0.15, 0.2) is 0 Å². The number of Topliss-reactive ketones (excluding diaryl/α,β-unsaturated/α-hetero) is 1. The fraction of sp³-hybridized carbons (Fsp3) is 0.875. The van der Waals surface area contributed by atoms with Gasteiger partial charge in [-0.3, -0.25) is 0 Å². The molecule has 0 saturated heterocycles. The second-order valence-corrected chi connectivity index (χ2v) is 3.19. The lowest BCUT2D eigenvalue weighted by molar-refractivity contribution is -0.114. The molecule has 0 aliphatic rings. The van der Waals surface area contributed by atoms with Crippen molar-refractivity contribution >= 4 is 5.78 Å². The zero-order valence-electron chi connectivity index (χ0n) is 7.87. The van der Waals surface area contributed by atoms with Crippen LogP contribution in [-0.4, -0.2) is 40.9 Å². The van der Waals surface area contributed by atoms with Crippen LogP contribution in [0.1, 0.15) is 20.8 Å². The van der Waals surface area contributed by atoms with Crippen LogP contribution in [0.3, 0.4) is 0 Å². The predicted octanol–water partition coefficient (Wildman–Crippen LogP) is -0.435. The van der Waals surface area contributed by atoms with Gasteiger partial charge in [-0.1, -0.05) is 6.92 Å². The lowest BCUT2D eigenvalue weighted by Gasteiger charge is -2.20. The minimum atomic E-state index is -0.708. The van der Waals surface area contributed by atoms with Gasteiger partial charge in [-0.15, -0.1) is 0 Å². The van der Waals surface area contributed by atoms with Gasteiger partial charge in [0.05, 0.1) is 19.8 Å². The van der Waals surface area contributed by atoms with Crippen LogP contribution in [0.4, 0.5) is 0 Å². The maximum Gasteiger partial charge on any atom is 0.126 e. The Kier molecular flexibility index (Phi) is 8.47. The van der Waals surface area contributed by atoms with Crippen molar-refractivity contribution in [2.75, 3.05) is 19.8 Å². The molecule has 0 amide bonds.